The first-order chi connectivity index (χ1) is 8.36. The number of hydrogen-bond donors (Lipinski definition) is 1. The standard InChI is InChI=1S/C13H14N4/c1-14-13-15-7-6-12(16-13)17-8-10-4-2-3-5-11(10)9-17/h2-7H,8-9H2,1H3,(H,14,15,16). The number of nitrogens with one attached hydrogen (secondary N) is 1. The summed E-state index contributed by atoms with van der Waals surface area (Å²) in [6, 6.07) is 10.5. The first-order valence-corrected chi connectivity index (χ1v) is 5.69. The third kappa shape index (κ3) is 1.82. The van der Waals surface area contributed by atoms with Gasteiger partial charge in [-0.3, -0.25) is 0 Å². The molecule has 0 saturated heterocycles. The third-order valence-electron chi connectivity index (χ3n) is 3.03. The topological polar surface area (TPSA) is 41.1 Å². The van der Waals surface area contributed by atoms with Crippen LogP contribution in [0.25, 0.3) is 0 Å². The van der Waals surface area contributed by atoms with Gasteiger partial charge < -0.3 is 10.2 Å². The Bertz CT molecular complexity index is 513. The Labute approximate surface area is 100 Å². The molecular weight excluding hydrogens is 212 g/mol. The Morgan fingerprint density at radius 3 is 2.47 bits per heavy atom. The lowest BCUT2D eigenvalue weighted by atomic mass is 10.1. The van der Waals surface area contributed by atoms with Crippen molar-refractivity contribution in [1.82, 2.24) is 9.97 Å². The van der Waals surface area contributed by atoms with Gasteiger partial charge in [0.15, 0.2) is 0 Å². The molecule has 0 atom stereocenters. The first-order valence-electron chi connectivity index (χ1n) is 5.69. The van der Waals surface area contributed by atoms with Crippen LogP contribution in [0.15, 0.2) is 36.5 Å². The Balaban J connectivity index is 1.88. The maximum atomic E-state index is 4.46. The van der Waals surface area contributed by atoms with E-state index in [1.807, 2.05) is 13.1 Å². The number of aromatic nitrogens is 2. The fourth-order valence-electron chi connectivity index (χ4n) is 2.14. The van der Waals surface area contributed by atoms with Gasteiger partial charge in [0, 0.05) is 26.3 Å². The highest BCUT2D eigenvalue weighted by molar-refractivity contribution is 5.48. The van der Waals surface area contributed by atoms with Gasteiger partial charge in [-0.15, -0.1) is 0 Å². The van der Waals surface area contributed by atoms with Crippen molar-refractivity contribution >= 4 is 11.8 Å². The van der Waals surface area contributed by atoms with Gasteiger partial charge in [0.05, 0.1) is 0 Å². The molecule has 0 radical (unpaired) electrons. The van der Waals surface area contributed by atoms with Crippen molar-refractivity contribution in [2.24, 2.45) is 0 Å². The molecule has 86 valence electrons. The molecule has 0 spiro atoms. The largest absolute Gasteiger partial charge is 0.357 e. The molecule has 2 aromatic rings. The molecule has 0 amide bonds. The van der Waals surface area contributed by atoms with E-state index in [1.165, 1.54) is 11.1 Å². The molecule has 1 aromatic carbocycles. The van der Waals surface area contributed by atoms with Crippen LogP contribution >= 0.6 is 0 Å². The highest BCUT2D eigenvalue weighted by atomic mass is 15.2. The summed E-state index contributed by atoms with van der Waals surface area (Å²) in [6.07, 6.45) is 1.79. The van der Waals surface area contributed by atoms with E-state index in [1.54, 1.807) is 6.20 Å². The van der Waals surface area contributed by atoms with Crippen molar-refractivity contribution in [3.8, 4) is 0 Å². The Hall–Kier alpha value is -2.10. The van der Waals surface area contributed by atoms with E-state index in [-0.39, 0.29) is 0 Å². The van der Waals surface area contributed by atoms with Crippen LogP contribution < -0.4 is 10.2 Å². The summed E-state index contributed by atoms with van der Waals surface area (Å²) in [7, 11) is 1.83. The first kappa shape index (κ1) is 10.1. The average Bonchev–Trinajstić information content (AvgIpc) is 2.82. The second-order valence-electron chi connectivity index (χ2n) is 4.11. The molecule has 0 aliphatic carbocycles. The van der Waals surface area contributed by atoms with Crippen molar-refractivity contribution < 1.29 is 0 Å². The van der Waals surface area contributed by atoms with Gasteiger partial charge in [-0.1, -0.05) is 24.3 Å². The Morgan fingerprint density at radius 1 is 1.12 bits per heavy atom. The number of rotatable bonds is 2. The van der Waals surface area contributed by atoms with Crippen molar-refractivity contribution in [2.45, 2.75) is 13.1 Å². The molecule has 4 nitrogen and oxygen atoms in total. The highest BCUT2D eigenvalue weighted by Crippen LogP contribution is 2.26. The van der Waals surface area contributed by atoms with E-state index in [2.05, 4.69) is 44.5 Å². The fraction of sp³-hybridized carbons (Fsp3) is 0.231. The lowest BCUT2D eigenvalue weighted by Gasteiger charge is -2.16. The Kier molecular flexibility index (Phi) is 2.40. The molecule has 3 rings (SSSR count). The zero-order valence-electron chi connectivity index (χ0n) is 9.72. The number of hydrogen-bond acceptors (Lipinski definition) is 4. The predicted molar refractivity (Wildman–Crippen MR) is 67.9 cm³/mol. The van der Waals surface area contributed by atoms with Crippen LogP contribution in [0.5, 0.6) is 0 Å². The minimum absolute atomic E-state index is 0.665. The summed E-state index contributed by atoms with van der Waals surface area (Å²) in [5.74, 6) is 1.64. The van der Waals surface area contributed by atoms with Crippen molar-refractivity contribution in [3.05, 3.63) is 47.7 Å². The van der Waals surface area contributed by atoms with Crippen LogP contribution in [-0.2, 0) is 13.1 Å². The second-order valence-corrected chi connectivity index (χ2v) is 4.11. The fourth-order valence-corrected chi connectivity index (χ4v) is 2.14. The molecule has 0 bridgehead atoms. The van der Waals surface area contributed by atoms with Crippen molar-refractivity contribution in [3.63, 3.8) is 0 Å². The summed E-state index contributed by atoms with van der Waals surface area (Å²) in [6.45, 7) is 1.85. The van der Waals surface area contributed by atoms with Gasteiger partial charge in [-0.05, 0) is 17.2 Å². The van der Waals surface area contributed by atoms with Crippen LogP contribution in [-0.4, -0.2) is 17.0 Å². The monoisotopic (exact) mass is 226 g/mol. The maximum Gasteiger partial charge on any atom is 0.224 e. The SMILES string of the molecule is CNc1nccc(N2Cc3ccccc3C2)n1. The third-order valence-corrected chi connectivity index (χ3v) is 3.03. The highest BCUT2D eigenvalue weighted by Gasteiger charge is 2.19. The molecule has 0 saturated carbocycles. The van der Waals surface area contributed by atoms with Crippen molar-refractivity contribution in [1.29, 1.82) is 0 Å². The number of fused-ring (bicyclic) bond motifs is 1. The van der Waals surface area contributed by atoms with Gasteiger partial charge in [0.25, 0.3) is 0 Å². The van der Waals surface area contributed by atoms with E-state index in [4.69, 9.17) is 0 Å². The minimum atomic E-state index is 0.665. The van der Waals surface area contributed by atoms with Gasteiger partial charge in [0.1, 0.15) is 5.82 Å². The van der Waals surface area contributed by atoms with E-state index in [0.717, 1.165) is 18.9 Å². The minimum Gasteiger partial charge on any atom is -0.357 e. The van der Waals surface area contributed by atoms with E-state index < -0.39 is 0 Å². The van der Waals surface area contributed by atoms with Gasteiger partial charge in [0.2, 0.25) is 5.95 Å². The zero-order chi connectivity index (χ0) is 11.7. The molecule has 0 unspecified atom stereocenters. The number of benzene rings is 1. The molecule has 0 fully saturated rings. The van der Waals surface area contributed by atoms with Crippen LogP contribution in [0.1, 0.15) is 11.1 Å². The van der Waals surface area contributed by atoms with Crippen LogP contribution in [0, 0.1) is 0 Å². The predicted octanol–water partition coefficient (Wildman–Crippen LogP) is 2.04. The summed E-state index contributed by atoms with van der Waals surface area (Å²) in [4.78, 5) is 10.8. The molecule has 17 heavy (non-hydrogen) atoms. The zero-order valence-corrected chi connectivity index (χ0v) is 9.72. The normalized spacial score (nSPS) is 13.6. The molecule has 1 aliphatic rings. The van der Waals surface area contributed by atoms with E-state index in [0.29, 0.717) is 5.95 Å². The molecule has 2 heterocycles. The van der Waals surface area contributed by atoms with Crippen LogP contribution in [0.4, 0.5) is 11.8 Å². The van der Waals surface area contributed by atoms with Crippen LogP contribution in [0.2, 0.25) is 0 Å². The van der Waals surface area contributed by atoms with Crippen LogP contribution in [0.3, 0.4) is 0 Å². The van der Waals surface area contributed by atoms with Gasteiger partial charge in [-0.2, -0.15) is 4.98 Å². The average molecular weight is 226 g/mol. The molecule has 1 aromatic heterocycles. The van der Waals surface area contributed by atoms with E-state index >= 15 is 0 Å². The van der Waals surface area contributed by atoms with Gasteiger partial charge >= 0.3 is 0 Å². The number of anilines is 2. The summed E-state index contributed by atoms with van der Waals surface area (Å²) in [5.41, 5.74) is 2.77. The lowest BCUT2D eigenvalue weighted by molar-refractivity contribution is 0.852. The van der Waals surface area contributed by atoms with Gasteiger partial charge in [-0.25, -0.2) is 4.98 Å². The molecular formula is C13H14N4. The second kappa shape index (κ2) is 4.05. The molecule has 4 heteroatoms. The summed E-state index contributed by atoms with van der Waals surface area (Å²) in [5, 5.41) is 2.96. The number of nitrogens with zero attached hydrogens (tertiary/aromatic N) is 3. The summed E-state index contributed by atoms with van der Waals surface area (Å²) >= 11 is 0. The molecule has 1 N–H and O–H groups in total. The van der Waals surface area contributed by atoms with E-state index in [9.17, 15) is 0 Å². The maximum absolute atomic E-state index is 4.46. The lowest BCUT2D eigenvalue weighted by Crippen LogP contribution is -2.16. The summed E-state index contributed by atoms with van der Waals surface area (Å²) < 4.78 is 0. The van der Waals surface area contributed by atoms with Crippen molar-refractivity contribution in [2.75, 3.05) is 17.3 Å². The smallest absolute Gasteiger partial charge is 0.224 e. The quantitative estimate of drug-likeness (QED) is 0.850. The Morgan fingerprint density at radius 2 is 1.82 bits per heavy atom. The molecule has 1 aliphatic heterocycles.